The van der Waals surface area contributed by atoms with Gasteiger partial charge in [-0.05, 0) is 74.3 Å². The van der Waals surface area contributed by atoms with Crippen LogP contribution in [0.1, 0.15) is 89.9 Å². The van der Waals surface area contributed by atoms with Crippen LogP contribution in [0.25, 0.3) is 0 Å². The zero-order valence-corrected chi connectivity index (χ0v) is 21.4. The molecular formula is C28H37N3O4S. The van der Waals surface area contributed by atoms with Crippen molar-refractivity contribution in [2.24, 2.45) is 5.73 Å². The molecule has 1 unspecified atom stereocenters. The number of nitrogens with two attached hydrogens (primary N) is 1. The highest BCUT2D eigenvalue weighted by atomic mass is 32.2. The lowest BCUT2D eigenvalue weighted by molar-refractivity contribution is 0.112. The van der Waals surface area contributed by atoms with E-state index in [1.807, 2.05) is 36.7 Å². The van der Waals surface area contributed by atoms with Crippen LogP contribution in [0.3, 0.4) is 0 Å². The molecule has 2 fully saturated rings. The number of hydrogen-bond acceptors (Lipinski definition) is 6. The Hall–Kier alpha value is -2.78. The molecule has 3 aliphatic rings. The van der Waals surface area contributed by atoms with Gasteiger partial charge in [0.1, 0.15) is 12.0 Å². The summed E-state index contributed by atoms with van der Waals surface area (Å²) in [5, 5.41) is 0. The maximum absolute atomic E-state index is 11.0. The van der Waals surface area contributed by atoms with Crippen molar-refractivity contribution < 1.29 is 21.9 Å². The summed E-state index contributed by atoms with van der Waals surface area (Å²) in [4.78, 5) is 21.3. The third kappa shape index (κ3) is 6.50. The number of rotatable bonds is 6. The third-order valence-corrected chi connectivity index (χ3v) is 7.45. The molecule has 0 saturated heterocycles. The number of fused-ring (bicyclic) bond motifs is 1. The highest BCUT2D eigenvalue weighted by Crippen LogP contribution is 2.46. The number of pyridine rings is 2. The average Bonchev–Trinajstić information content (AvgIpc) is 3.80. The lowest BCUT2D eigenvalue weighted by atomic mass is 9.85. The van der Waals surface area contributed by atoms with Gasteiger partial charge in [0.15, 0.2) is 0 Å². The smallest absolute Gasteiger partial charge is 0.150 e. The summed E-state index contributed by atoms with van der Waals surface area (Å²) in [6.45, 7) is 1.23. The number of aromatic nitrogens is 2. The van der Waals surface area contributed by atoms with Gasteiger partial charge in [0.2, 0.25) is 0 Å². The van der Waals surface area contributed by atoms with Crippen LogP contribution in [-0.4, -0.2) is 40.1 Å². The molecule has 0 spiro atoms. The van der Waals surface area contributed by atoms with Crippen LogP contribution in [0.2, 0.25) is 0 Å². The van der Waals surface area contributed by atoms with E-state index in [-0.39, 0.29) is 12.4 Å². The molecule has 6 N–H and O–H groups in total. The van der Waals surface area contributed by atoms with Crippen LogP contribution in [0.5, 0.6) is 5.75 Å². The number of benzene rings is 1. The van der Waals surface area contributed by atoms with E-state index in [1.165, 1.54) is 53.1 Å². The first-order chi connectivity index (χ1) is 16.7. The molecule has 8 heteroatoms. The molecule has 0 radical (unpaired) electrons. The molecule has 2 saturated carbocycles. The van der Waals surface area contributed by atoms with E-state index in [1.54, 1.807) is 11.8 Å². The van der Waals surface area contributed by atoms with Gasteiger partial charge in [0.05, 0.1) is 12.3 Å². The first kappa shape index (κ1) is 27.8. The minimum atomic E-state index is 0. The second-order valence-corrected chi connectivity index (χ2v) is 10.2. The van der Waals surface area contributed by atoms with Crippen molar-refractivity contribution in [3.8, 4) is 5.75 Å². The van der Waals surface area contributed by atoms with E-state index in [9.17, 15) is 4.79 Å². The van der Waals surface area contributed by atoms with E-state index in [4.69, 9.17) is 15.5 Å². The summed E-state index contributed by atoms with van der Waals surface area (Å²) in [5.41, 5.74) is 12.2. The van der Waals surface area contributed by atoms with Gasteiger partial charge >= 0.3 is 0 Å². The molecule has 0 bridgehead atoms. The summed E-state index contributed by atoms with van der Waals surface area (Å²) in [5.74, 6) is 2.58. The van der Waals surface area contributed by atoms with Crippen LogP contribution >= 0.6 is 11.8 Å². The third-order valence-electron chi connectivity index (χ3n) is 6.74. The van der Waals surface area contributed by atoms with Gasteiger partial charge in [-0.3, -0.25) is 14.8 Å². The van der Waals surface area contributed by atoms with Crippen molar-refractivity contribution in [2.45, 2.75) is 61.3 Å². The Morgan fingerprint density at radius 3 is 2.25 bits per heavy atom. The standard InChI is InChI=1S/C21H21NO2.C7H10N2S.2H2O.H2/c23-12-13-1-6-18-17(7-8-24-21(18)9-13)16-10-19(14-2-3-14)22-20(11-16)15-4-5-15;1-10-7-3-2-6(4-8)9-5-7;;;/h1,6,9-12,14-15,17H,2-5,7-8H2;2-3,5H,4,8H2,1H3;2*1H2;1H. The van der Waals surface area contributed by atoms with Gasteiger partial charge < -0.3 is 21.4 Å². The van der Waals surface area contributed by atoms with Crippen molar-refractivity contribution in [3.05, 3.63) is 82.4 Å². The van der Waals surface area contributed by atoms with Crippen LogP contribution in [0, 0.1) is 0 Å². The average molecular weight is 512 g/mol. The molecular weight excluding hydrogens is 474 g/mol. The first-order valence-corrected chi connectivity index (χ1v) is 13.3. The molecule has 36 heavy (non-hydrogen) atoms. The Kier molecular flexibility index (Phi) is 9.62. The van der Waals surface area contributed by atoms with Gasteiger partial charge in [0.25, 0.3) is 0 Å². The highest BCUT2D eigenvalue weighted by molar-refractivity contribution is 7.98. The topological polar surface area (TPSA) is 141 Å². The number of carbonyl (C=O) groups is 1. The Bertz CT molecular complexity index is 1120. The van der Waals surface area contributed by atoms with Gasteiger partial charge in [-0.25, -0.2) is 0 Å². The van der Waals surface area contributed by atoms with Crippen LogP contribution in [0.15, 0.2) is 53.6 Å². The normalized spacial score (nSPS) is 17.8. The van der Waals surface area contributed by atoms with E-state index >= 15 is 0 Å². The predicted molar refractivity (Wildman–Crippen MR) is 145 cm³/mol. The zero-order valence-electron chi connectivity index (χ0n) is 20.6. The Morgan fingerprint density at radius 2 is 1.72 bits per heavy atom. The molecule has 194 valence electrons. The largest absolute Gasteiger partial charge is 0.493 e. The van der Waals surface area contributed by atoms with Gasteiger partial charge in [-0.2, -0.15) is 0 Å². The van der Waals surface area contributed by atoms with Crippen molar-refractivity contribution >= 4 is 18.0 Å². The molecule has 1 aliphatic heterocycles. The quantitative estimate of drug-likeness (QED) is 0.383. The Balaban J connectivity index is 0.000000320. The van der Waals surface area contributed by atoms with Crippen LogP contribution < -0.4 is 10.5 Å². The molecule has 2 aromatic heterocycles. The summed E-state index contributed by atoms with van der Waals surface area (Å²) < 4.78 is 5.82. The monoisotopic (exact) mass is 511 g/mol. The molecule has 1 aromatic carbocycles. The van der Waals surface area contributed by atoms with E-state index in [0.717, 1.165) is 24.2 Å². The molecule has 6 rings (SSSR count). The fourth-order valence-electron chi connectivity index (χ4n) is 4.45. The molecule has 1 atom stereocenters. The van der Waals surface area contributed by atoms with Gasteiger partial charge in [-0.15, -0.1) is 11.8 Å². The van der Waals surface area contributed by atoms with Crippen molar-refractivity contribution in [2.75, 3.05) is 12.9 Å². The minimum Gasteiger partial charge on any atom is -0.493 e. The highest BCUT2D eigenvalue weighted by Gasteiger charge is 2.32. The number of aldehydes is 1. The number of hydrogen-bond donors (Lipinski definition) is 1. The molecule has 7 nitrogen and oxygen atoms in total. The maximum Gasteiger partial charge on any atom is 0.150 e. The number of nitrogens with zero attached hydrogens (tertiary/aromatic N) is 2. The van der Waals surface area contributed by atoms with Crippen LogP contribution in [0.4, 0.5) is 0 Å². The van der Waals surface area contributed by atoms with Gasteiger partial charge in [-0.1, -0.05) is 12.1 Å². The Morgan fingerprint density at radius 1 is 1.03 bits per heavy atom. The first-order valence-electron chi connectivity index (χ1n) is 12.1. The fourth-order valence-corrected chi connectivity index (χ4v) is 4.81. The Labute approximate surface area is 218 Å². The second-order valence-electron chi connectivity index (χ2n) is 9.30. The van der Waals surface area contributed by atoms with Crippen molar-refractivity contribution in [1.29, 1.82) is 0 Å². The second kappa shape index (κ2) is 12.5. The summed E-state index contributed by atoms with van der Waals surface area (Å²) in [7, 11) is 0. The molecule has 3 heterocycles. The lowest BCUT2D eigenvalue weighted by Gasteiger charge is -2.27. The van der Waals surface area contributed by atoms with Crippen LogP contribution in [-0.2, 0) is 6.54 Å². The van der Waals surface area contributed by atoms with E-state index in [0.29, 0.717) is 36.5 Å². The summed E-state index contributed by atoms with van der Waals surface area (Å²) >= 11 is 1.68. The molecule has 3 aromatic rings. The number of ether oxygens (including phenoxy) is 1. The number of carbonyl (C=O) groups excluding carboxylic acids is 1. The van der Waals surface area contributed by atoms with E-state index < -0.39 is 0 Å². The maximum atomic E-state index is 11.0. The van der Waals surface area contributed by atoms with Crippen molar-refractivity contribution in [1.82, 2.24) is 9.97 Å². The summed E-state index contributed by atoms with van der Waals surface area (Å²) in [6.07, 6.45) is 10.9. The zero-order chi connectivity index (χ0) is 23.5. The molecule has 2 aliphatic carbocycles. The minimum absolute atomic E-state index is 0. The molecule has 0 amide bonds. The van der Waals surface area contributed by atoms with Gasteiger partial charge in [0, 0.05) is 59.3 Å². The van der Waals surface area contributed by atoms with Crippen molar-refractivity contribution in [3.63, 3.8) is 0 Å². The summed E-state index contributed by atoms with van der Waals surface area (Å²) in [6, 6.07) is 14.5. The van der Waals surface area contributed by atoms with E-state index in [2.05, 4.69) is 23.2 Å². The fraction of sp³-hybridized carbons (Fsp3) is 0.393. The number of thioether (sulfide) groups is 1. The predicted octanol–water partition coefficient (Wildman–Crippen LogP) is 4.42. The SMILES string of the molecule is CSc1ccc(CN)nc1.O.O.O=Cc1ccc2c(c1)OCCC2c1cc(C2CC2)nc(C2CC2)c1.[HH]. The lowest BCUT2D eigenvalue weighted by Crippen LogP contribution is -2.16.